The summed E-state index contributed by atoms with van der Waals surface area (Å²) < 4.78 is 1.53. The van der Waals surface area contributed by atoms with Gasteiger partial charge in [0.25, 0.3) is 5.91 Å². The van der Waals surface area contributed by atoms with Crippen LogP contribution in [0.3, 0.4) is 0 Å². The van der Waals surface area contributed by atoms with E-state index in [-0.39, 0.29) is 16.5 Å². The van der Waals surface area contributed by atoms with Crippen molar-refractivity contribution in [2.45, 2.75) is 40.0 Å². The Labute approximate surface area is 142 Å². The van der Waals surface area contributed by atoms with Gasteiger partial charge in [-0.25, -0.2) is 0 Å². The van der Waals surface area contributed by atoms with Crippen molar-refractivity contribution >= 4 is 23.2 Å². The van der Waals surface area contributed by atoms with Crippen LogP contribution in [0.2, 0.25) is 5.15 Å². The van der Waals surface area contributed by atoms with Crippen LogP contribution in [-0.2, 0) is 7.05 Å². The fraction of sp³-hybridized carbons (Fsp3) is 0.444. The number of aromatic nitrogens is 2. The molecule has 0 aliphatic rings. The molecule has 1 amide bonds. The van der Waals surface area contributed by atoms with Crippen LogP contribution in [-0.4, -0.2) is 15.7 Å². The van der Waals surface area contributed by atoms with Crippen molar-refractivity contribution in [1.29, 1.82) is 0 Å². The Hall–Kier alpha value is -1.81. The fourth-order valence-corrected chi connectivity index (χ4v) is 3.13. The molecule has 23 heavy (non-hydrogen) atoms. The Kier molecular flexibility index (Phi) is 5.15. The molecular weight excluding hydrogens is 310 g/mol. The average Bonchev–Trinajstić information content (AvgIpc) is 2.76. The Morgan fingerprint density at radius 1 is 1.35 bits per heavy atom. The number of para-hydroxylation sites is 1. The van der Waals surface area contributed by atoms with Crippen molar-refractivity contribution in [3.05, 3.63) is 46.7 Å². The van der Waals surface area contributed by atoms with E-state index in [4.69, 9.17) is 11.6 Å². The molecule has 1 unspecified atom stereocenters. The quantitative estimate of drug-likeness (QED) is 0.868. The summed E-state index contributed by atoms with van der Waals surface area (Å²) in [5, 5.41) is 7.19. The number of halogens is 1. The monoisotopic (exact) mass is 333 g/mol. The van der Waals surface area contributed by atoms with Gasteiger partial charge in [0.05, 0.1) is 5.56 Å². The number of carbonyl (C=O) groups is 1. The predicted octanol–water partition coefficient (Wildman–Crippen LogP) is 4.87. The van der Waals surface area contributed by atoms with Crippen molar-refractivity contribution in [3.8, 4) is 0 Å². The normalized spacial score (nSPS) is 13.0. The zero-order valence-corrected chi connectivity index (χ0v) is 15.1. The zero-order valence-electron chi connectivity index (χ0n) is 14.4. The molecule has 4 nitrogen and oxygen atoms in total. The minimum absolute atomic E-state index is 0.213. The molecule has 2 rings (SSSR count). The standard InChI is InChI=1S/C18H24ClN3O/c1-12(10-18(2,3)4)13-8-6-7-9-15(13)20-17(23)14-11-22(5)21-16(14)19/h6-9,11-12H,10H2,1-5H3,(H,20,23). The van der Waals surface area contributed by atoms with Crippen molar-refractivity contribution in [1.82, 2.24) is 9.78 Å². The van der Waals surface area contributed by atoms with E-state index >= 15 is 0 Å². The minimum Gasteiger partial charge on any atom is -0.322 e. The first-order valence-corrected chi connectivity index (χ1v) is 8.14. The molecule has 0 spiro atoms. The lowest BCUT2D eigenvalue weighted by atomic mass is 9.82. The number of nitrogens with one attached hydrogen (secondary N) is 1. The van der Waals surface area contributed by atoms with Crippen LogP contribution in [0.15, 0.2) is 30.5 Å². The summed E-state index contributed by atoms with van der Waals surface area (Å²) >= 11 is 6.00. The van der Waals surface area contributed by atoms with Gasteiger partial charge in [-0.3, -0.25) is 9.48 Å². The number of carbonyl (C=O) groups excluding carboxylic acids is 1. The van der Waals surface area contributed by atoms with Crippen LogP contribution in [0.4, 0.5) is 5.69 Å². The molecule has 0 radical (unpaired) electrons. The van der Waals surface area contributed by atoms with Crippen LogP contribution in [0.1, 0.15) is 56.0 Å². The number of benzene rings is 1. The molecule has 1 aromatic carbocycles. The van der Waals surface area contributed by atoms with Crippen LogP contribution in [0, 0.1) is 5.41 Å². The van der Waals surface area contributed by atoms with Crippen molar-refractivity contribution < 1.29 is 4.79 Å². The Morgan fingerprint density at radius 2 is 2.00 bits per heavy atom. The highest BCUT2D eigenvalue weighted by Gasteiger charge is 2.20. The van der Waals surface area contributed by atoms with Crippen molar-refractivity contribution in [2.24, 2.45) is 12.5 Å². The fourth-order valence-electron chi connectivity index (χ4n) is 2.87. The van der Waals surface area contributed by atoms with E-state index in [1.165, 1.54) is 4.68 Å². The van der Waals surface area contributed by atoms with E-state index in [2.05, 4.69) is 44.2 Å². The second kappa shape index (κ2) is 6.75. The molecule has 0 saturated carbocycles. The van der Waals surface area contributed by atoms with Crippen LogP contribution >= 0.6 is 11.6 Å². The number of nitrogens with zero attached hydrogens (tertiary/aromatic N) is 2. The third-order valence-electron chi connectivity index (χ3n) is 3.69. The van der Waals surface area contributed by atoms with E-state index < -0.39 is 0 Å². The van der Waals surface area contributed by atoms with Gasteiger partial charge in [0.2, 0.25) is 0 Å². The number of rotatable bonds is 4. The molecule has 124 valence electrons. The number of anilines is 1. The number of hydrogen-bond donors (Lipinski definition) is 1. The van der Waals surface area contributed by atoms with Crippen LogP contribution in [0.5, 0.6) is 0 Å². The van der Waals surface area contributed by atoms with Crippen molar-refractivity contribution in [3.63, 3.8) is 0 Å². The first kappa shape index (κ1) is 17.5. The Morgan fingerprint density at radius 3 is 2.57 bits per heavy atom. The maximum Gasteiger partial charge on any atom is 0.260 e. The summed E-state index contributed by atoms with van der Waals surface area (Å²) in [4.78, 5) is 12.5. The third-order valence-corrected chi connectivity index (χ3v) is 3.97. The second-order valence-electron chi connectivity index (χ2n) is 7.21. The maximum absolute atomic E-state index is 12.5. The highest BCUT2D eigenvalue weighted by molar-refractivity contribution is 6.33. The molecule has 0 saturated heterocycles. The summed E-state index contributed by atoms with van der Waals surface area (Å²) in [7, 11) is 1.74. The summed E-state index contributed by atoms with van der Waals surface area (Å²) in [6.07, 6.45) is 2.66. The zero-order chi connectivity index (χ0) is 17.2. The van der Waals surface area contributed by atoms with Gasteiger partial charge < -0.3 is 5.32 Å². The van der Waals surface area contributed by atoms with Crippen LogP contribution < -0.4 is 5.32 Å². The van der Waals surface area contributed by atoms with E-state index in [9.17, 15) is 4.79 Å². The van der Waals surface area contributed by atoms with E-state index in [1.807, 2.05) is 18.2 Å². The van der Waals surface area contributed by atoms with Gasteiger partial charge in [-0.1, -0.05) is 57.5 Å². The lowest BCUT2D eigenvalue weighted by molar-refractivity contribution is 0.102. The van der Waals surface area contributed by atoms with E-state index in [0.29, 0.717) is 11.5 Å². The molecule has 0 fully saturated rings. The topological polar surface area (TPSA) is 46.9 Å². The maximum atomic E-state index is 12.5. The van der Waals surface area contributed by atoms with Gasteiger partial charge in [0, 0.05) is 18.9 Å². The molecule has 1 atom stereocenters. The highest BCUT2D eigenvalue weighted by atomic mass is 35.5. The summed E-state index contributed by atoms with van der Waals surface area (Å²) in [5.74, 6) is 0.106. The molecule has 1 N–H and O–H groups in total. The molecule has 1 heterocycles. The third kappa shape index (κ3) is 4.58. The largest absolute Gasteiger partial charge is 0.322 e. The molecule has 1 aromatic heterocycles. The lowest BCUT2D eigenvalue weighted by Crippen LogP contribution is -2.15. The Balaban J connectivity index is 2.24. The SMILES string of the molecule is CC(CC(C)(C)C)c1ccccc1NC(=O)c1cn(C)nc1Cl. The summed E-state index contributed by atoms with van der Waals surface area (Å²) in [6.45, 7) is 8.85. The van der Waals surface area contributed by atoms with Gasteiger partial charge in [-0.05, 0) is 29.4 Å². The van der Waals surface area contributed by atoms with Gasteiger partial charge in [0.1, 0.15) is 0 Å². The molecule has 5 heteroatoms. The number of amides is 1. The molecule has 2 aromatic rings. The van der Waals surface area contributed by atoms with Crippen molar-refractivity contribution in [2.75, 3.05) is 5.32 Å². The van der Waals surface area contributed by atoms with Gasteiger partial charge in [-0.15, -0.1) is 0 Å². The minimum atomic E-state index is -0.237. The van der Waals surface area contributed by atoms with E-state index in [1.54, 1.807) is 13.2 Å². The number of hydrogen-bond acceptors (Lipinski definition) is 2. The lowest BCUT2D eigenvalue weighted by Gasteiger charge is -2.25. The predicted molar refractivity (Wildman–Crippen MR) is 95.1 cm³/mol. The second-order valence-corrected chi connectivity index (χ2v) is 7.57. The van der Waals surface area contributed by atoms with Gasteiger partial charge >= 0.3 is 0 Å². The first-order chi connectivity index (χ1) is 10.7. The van der Waals surface area contributed by atoms with Gasteiger partial charge in [-0.2, -0.15) is 5.10 Å². The molecule has 0 aliphatic carbocycles. The Bertz CT molecular complexity index is 701. The van der Waals surface area contributed by atoms with E-state index in [0.717, 1.165) is 17.7 Å². The molecule has 0 aliphatic heterocycles. The molecular formula is C18H24ClN3O. The summed E-state index contributed by atoms with van der Waals surface area (Å²) in [5.41, 5.74) is 2.57. The smallest absolute Gasteiger partial charge is 0.260 e. The first-order valence-electron chi connectivity index (χ1n) is 7.77. The molecule has 0 bridgehead atoms. The number of aryl methyl sites for hydroxylation is 1. The summed E-state index contributed by atoms with van der Waals surface area (Å²) in [6, 6.07) is 7.92. The van der Waals surface area contributed by atoms with Crippen LogP contribution in [0.25, 0.3) is 0 Å². The highest BCUT2D eigenvalue weighted by Crippen LogP contribution is 2.34. The van der Waals surface area contributed by atoms with Gasteiger partial charge in [0.15, 0.2) is 5.15 Å². The average molecular weight is 334 g/mol.